The molecule has 2 heterocycles. The molecule has 2 aromatic rings. The lowest BCUT2D eigenvalue weighted by atomic mass is 10.4. The van der Waals surface area contributed by atoms with Crippen molar-refractivity contribution >= 4 is 15.9 Å². The number of halogens is 1. The van der Waals surface area contributed by atoms with Gasteiger partial charge in [-0.05, 0) is 15.9 Å². The molecule has 0 aliphatic heterocycles. The molecule has 14 heavy (non-hydrogen) atoms. The molecule has 2 rings (SSSR count). The Morgan fingerprint density at radius 3 is 2.93 bits per heavy atom. The van der Waals surface area contributed by atoms with E-state index in [0.717, 1.165) is 10.2 Å². The third kappa shape index (κ3) is 1.48. The van der Waals surface area contributed by atoms with Gasteiger partial charge in [-0.15, -0.1) is 0 Å². The quantitative estimate of drug-likeness (QED) is 0.824. The van der Waals surface area contributed by atoms with Crippen LogP contribution in [0.25, 0.3) is 11.5 Å². The fraction of sp³-hybridized carbons (Fsp3) is 0.125. The molecule has 0 radical (unpaired) electrons. The number of hydrogen-bond donors (Lipinski definition) is 1. The van der Waals surface area contributed by atoms with Crippen molar-refractivity contribution in [3.8, 4) is 11.5 Å². The van der Waals surface area contributed by atoms with E-state index in [0.29, 0.717) is 5.82 Å². The van der Waals surface area contributed by atoms with E-state index in [-0.39, 0.29) is 5.56 Å². The summed E-state index contributed by atoms with van der Waals surface area (Å²) in [7, 11) is 1.78. The monoisotopic (exact) mass is 254 g/mol. The molecule has 0 aromatic carbocycles. The van der Waals surface area contributed by atoms with E-state index in [1.165, 1.54) is 12.3 Å². The molecule has 0 aliphatic rings. The van der Waals surface area contributed by atoms with Gasteiger partial charge in [0, 0.05) is 19.3 Å². The smallest absolute Gasteiger partial charge is 0.251 e. The molecule has 0 fully saturated rings. The summed E-state index contributed by atoms with van der Waals surface area (Å²) in [6.45, 7) is 0. The van der Waals surface area contributed by atoms with Crippen molar-refractivity contribution in [2.45, 2.75) is 0 Å². The first-order valence-electron chi connectivity index (χ1n) is 3.91. The van der Waals surface area contributed by atoms with E-state index in [1.54, 1.807) is 17.9 Å². The van der Waals surface area contributed by atoms with Crippen LogP contribution in [-0.2, 0) is 7.05 Å². The maximum absolute atomic E-state index is 11.1. The minimum absolute atomic E-state index is 0.178. The molecule has 0 saturated carbocycles. The van der Waals surface area contributed by atoms with Gasteiger partial charge in [-0.3, -0.25) is 9.48 Å². The van der Waals surface area contributed by atoms with Gasteiger partial charge in [-0.1, -0.05) is 0 Å². The molecule has 0 spiro atoms. The fourth-order valence-electron chi connectivity index (χ4n) is 1.17. The topological polar surface area (TPSA) is 63.6 Å². The standard InChI is InChI=1S/C8H7BrN4O/c1-13-7(5(9)4-11-13)8-10-3-2-6(14)12-8/h2-4H,1H3,(H,10,12,14). The third-order valence-electron chi connectivity index (χ3n) is 1.79. The maximum atomic E-state index is 11.1. The second-order valence-electron chi connectivity index (χ2n) is 2.75. The summed E-state index contributed by atoms with van der Waals surface area (Å²) in [6, 6.07) is 1.37. The lowest BCUT2D eigenvalue weighted by Crippen LogP contribution is -2.08. The van der Waals surface area contributed by atoms with Crippen molar-refractivity contribution in [3.63, 3.8) is 0 Å². The molecule has 0 aliphatic carbocycles. The first-order chi connectivity index (χ1) is 6.68. The largest absolute Gasteiger partial charge is 0.305 e. The molecule has 6 heteroatoms. The number of aromatic amines is 1. The molecule has 0 saturated heterocycles. The zero-order valence-corrected chi connectivity index (χ0v) is 8.95. The number of hydrogen-bond acceptors (Lipinski definition) is 3. The zero-order valence-electron chi connectivity index (χ0n) is 7.36. The lowest BCUT2D eigenvalue weighted by Gasteiger charge is -2.00. The van der Waals surface area contributed by atoms with E-state index in [2.05, 4.69) is 31.0 Å². The number of rotatable bonds is 1. The highest BCUT2D eigenvalue weighted by molar-refractivity contribution is 9.10. The van der Waals surface area contributed by atoms with Gasteiger partial charge in [0.15, 0.2) is 5.82 Å². The Morgan fingerprint density at radius 1 is 1.57 bits per heavy atom. The Morgan fingerprint density at radius 2 is 2.36 bits per heavy atom. The number of nitrogens with one attached hydrogen (secondary N) is 1. The summed E-state index contributed by atoms with van der Waals surface area (Å²) in [5.41, 5.74) is 0.575. The van der Waals surface area contributed by atoms with Crippen LogP contribution in [0.1, 0.15) is 0 Å². The number of H-pyrrole nitrogens is 1. The van der Waals surface area contributed by atoms with Crippen LogP contribution in [0.4, 0.5) is 0 Å². The van der Waals surface area contributed by atoms with Gasteiger partial charge in [0.25, 0.3) is 5.56 Å². The molecule has 2 aromatic heterocycles. The predicted molar refractivity (Wildman–Crippen MR) is 54.8 cm³/mol. The van der Waals surface area contributed by atoms with Crippen molar-refractivity contribution in [1.82, 2.24) is 19.7 Å². The summed E-state index contributed by atoms with van der Waals surface area (Å²) >= 11 is 3.33. The van der Waals surface area contributed by atoms with Crippen molar-refractivity contribution in [3.05, 3.63) is 33.3 Å². The van der Waals surface area contributed by atoms with Crippen LogP contribution in [0.2, 0.25) is 0 Å². The Bertz CT molecular complexity index is 497. The van der Waals surface area contributed by atoms with Crippen LogP contribution in [-0.4, -0.2) is 19.7 Å². The molecule has 72 valence electrons. The average Bonchev–Trinajstić information content (AvgIpc) is 2.46. The fourth-order valence-corrected chi connectivity index (χ4v) is 1.70. The van der Waals surface area contributed by atoms with Crippen LogP contribution in [0.5, 0.6) is 0 Å². The van der Waals surface area contributed by atoms with Gasteiger partial charge in [0.1, 0.15) is 5.69 Å². The SMILES string of the molecule is Cn1ncc(Br)c1-c1nccc(=O)[nH]1. The van der Waals surface area contributed by atoms with Gasteiger partial charge in [-0.25, -0.2) is 4.98 Å². The van der Waals surface area contributed by atoms with Gasteiger partial charge in [-0.2, -0.15) is 5.10 Å². The lowest BCUT2D eigenvalue weighted by molar-refractivity contribution is 0.769. The Kier molecular flexibility index (Phi) is 2.20. The minimum atomic E-state index is -0.178. The summed E-state index contributed by atoms with van der Waals surface area (Å²) < 4.78 is 2.44. The molecular formula is C8H7BrN4O. The van der Waals surface area contributed by atoms with E-state index in [9.17, 15) is 4.79 Å². The molecule has 1 N–H and O–H groups in total. The highest BCUT2D eigenvalue weighted by atomic mass is 79.9. The normalized spacial score (nSPS) is 10.4. The van der Waals surface area contributed by atoms with Crippen molar-refractivity contribution in [1.29, 1.82) is 0 Å². The highest BCUT2D eigenvalue weighted by Crippen LogP contribution is 2.22. The van der Waals surface area contributed by atoms with E-state index >= 15 is 0 Å². The minimum Gasteiger partial charge on any atom is -0.305 e. The first-order valence-corrected chi connectivity index (χ1v) is 4.71. The van der Waals surface area contributed by atoms with Gasteiger partial charge in [0.05, 0.1) is 10.7 Å². The molecule has 0 atom stereocenters. The Labute approximate surface area is 87.9 Å². The average molecular weight is 255 g/mol. The highest BCUT2D eigenvalue weighted by Gasteiger charge is 2.10. The molecule has 0 amide bonds. The molecule has 5 nitrogen and oxygen atoms in total. The van der Waals surface area contributed by atoms with Gasteiger partial charge >= 0.3 is 0 Å². The van der Waals surface area contributed by atoms with Gasteiger partial charge < -0.3 is 4.98 Å². The van der Waals surface area contributed by atoms with Crippen molar-refractivity contribution in [2.75, 3.05) is 0 Å². The van der Waals surface area contributed by atoms with E-state index in [1.807, 2.05) is 0 Å². The Balaban J connectivity index is 2.65. The molecule has 0 unspecified atom stereocenters. The van der Waals surface area contributed by atoms with Gasteiger partial charge in [0.2, 0.25) is 0 Å². The van der Waals surface area contributed by atoms with Crippen LogP contribution in [0, 0.1) is 0 Å². The second-order valence-corrected chi connectivity index (χ2v) is 3.60. The summed E-state index contributed by atoms with van der Waals surface area (Å²) in [5.74, 6) is 0.504. The Hall–Kier alpha value is -1.43. The predicted octanol–water partition coefficient (Wildman–Crippen LogP) is 0.933. The number of aryl methyl sites for hydroxylation is 1. The first kappa shape index (κ1) is 9.14. The third-order valence-corrected chi connectivity index (χ3v) is 2.37. The van der Waals surface area contributed by atoms with E-state index < -0.39 is 0 Å². The summed E-state index contributed by atoms with van der Waals surface area (Å²) in [6.07, 6.45) is 3.12. The van der Waals surface area contributed by atoms with Crippen molar-refractivity contribution < 1.29 is 0 Å². The summed E-state index contributed by atoms with van der Waals surface area (Å²) in [5, 5.41) is 4.03. The molecular weight excluding hydrogens is 248 g/mol. The maximum Gasteiger partial charge on any atom is 0.251 e. The van der Waals surface area contributed by atoms with Crippen LogP contribution in [0.15, 0.2) is 27.7 Å². The van der Waals surface area contributed by atoms with Crippen LogP contribution < -0.4 is 5.56 Å². The summed E-state index contributed by atoms with van der Waals surface area (Å²) in [4.78, 5) is 17.8. The van der Waals surface area contributed by atoms with E-state index in [4.69, 9.17) is 0 Å². The second kappa shape index (κ2) is 3.38. The van der Waals surface area contributed by atoms with Crippen molar-refractivity contribution in [2.24, 2.45) is 7.05 Å². The molecule has 0 bridgehead atoms. The van der Waals surface area contributed by atoms with Crippen LogP contribution >= 0.6 is 15.9 Å². The zero-order chi connectivity index (χ0) is 10.1. The number of nitrogens with zero attached hydrogens (tertiary/aromatic N) is 3. The van der Waals surface area contributed by atoms with Crippen LogP contribution in [0.3, 0.4) is 0 Å². The number of aromatic nitrogens is 4.